The lowest BCUT2D eigenvalue weighted by Crippen LogP contribution is -2.47. The highest BCUT2D eigenvalue weighted by Gasteiger charge is 2.47. The van der Waals surface area contributed by atoms with Crippen LogP contribution >= 0.6 is 0 Å². The van der Waals surface area contributed by atoms with Crippen LogP contribution in [0.3, 0.4) is 0 Å². The van der Waals surface area contributed by atoms with Crippen molar-refractivity contribution in [2.75, 3.05) is 19.6 Å². The summed E-state index contributed by atoms with van der Waals surface area (Å²) in [6, 6.07) is 27.2. The van der Waals surface area contributed by atoms with Gasteiger partial charge in [0.25, 0.3) is 5.91 Å². The largest absolute Gasteiger partial charge is 0.335 e. The van der Waals surface area contributed by atoms with Crippen LogP contribution < -0.4 is 0 Å². The number of amides is 1. The second kappa shape index (κ2) is 8.64. The fourth-order valence-corrected chi connectivity index (χ4v) is 5.33. The van der Waals surface area contributed by atoms with Crippen molar-refractivity contribution >= 4 is 5.91 Å². The third-order valence-corrected chi connectivity index (χ3v) is 6.84. The van der Waals surface area contributed by atoms with Gasteiger partial charge in [0.05, 0.1) is 0 Å². The van der Waals surface area contributed by atoms with E-state index in [4.69, 9.17) is 0 Å². The molecule has 5 rings (SSSR count). The van der Waals surface area contributed by atoms with Crippen LogP contribution in [0.2, 0.25) is 0 Å². The summed E-state index contributed by atoms with van der Waals surface area (Å²) < 4.78 is 13.6. The Hall–Kier alpha value is -2.98. The zero-order chi connectivity index (χ0) is 21.2. The van der Waals surface area contributed by atoms with Crippen molar-refractivity contribution in [3.8, 4) is 0 Å². The average Bonchev–Trinajstić information content (AvgIpc) is 3.19. The molecule has 2 aliphatic rings. The minimum atomic E-state index is -0.218. The minimum absolute atomic E-state index is 0.108. The molecular formula is C27H27FN2O. The molecule has 0 bridgehead atoms. The zero-order valence-corrected chi connectivity index (χ0v) is 17.5. The van der Waals surface area contributed by atoms with Crippen LogP contribution in [-0.2, 0) is 6.54 Å². The van der Waals surface area contributed by atoms with Gasteiger partial charge in [0.2, 0.25) is 0 Å². The summed E-state index contributed by atoms with van der Waals surface area (Å²) in [7, 11) is 0. The van der Waals surface area contributed by atoms with Gasteiger partial charge in [-0.25, -0.2) is 4.39 Å². The van der Waals surface area contributed by atoms with Gasteiger partial charge >= 0.3 is 0 Å². The first kappa shape index (κ1) is 20.0. The van der Waals surface area contributed by atoms with Gasteiger partial charge in [-0.2, -0.15) is 0 Å². The van der Waals surface area contributed by atoms with Crippen molar-refractivity contribution in [3.63, 3.8) is 0 Å². The highest BCUT2D eigenvalue weighted by atomic mass is 19.1. The zero-order valence-electron chi connectivity index (χ0n) is 17.5. The second-order valence-corrected chi connectivity index (χ2v) is 8.72. The summed E-state index contributed by atoms with van der Waals surface area (Å²) >= 11 is 0. The van der Waals surface area contributed by atoms with Crippen LogP contribution in [0.1, 0.15) is 33.8 Å². The van der Waals surface area contributed by atoms with Gasteiger partial charge in [0.15, 0.2) is 0 Å². The van der Waals surface area contributed by atoms with E-state index in [9.17, 15) is 9.18 Å². The monoisotopic (exact) mass is 414 g/mol. The molecule has 1 amide bonds. The van der Waals surface area contributed by atoms with Gasteiger partial charge in [-0.05, 0) is 41.8 Å². The maximum Gasteiger partial charge on any atom is 0.254 e. The van der Waals surface area contributed by atoms with Crippen molar-refractivity contribution < 1.29 is 9.18 Å². The number of hydrogen-bond acceptors (Lipinski definition) is 2. The lowest BCUT2D eigenvalue weighted by atomic mass is 9.81. The molecule has 31 heavy (non-hydrogen) atoms. The van der Waals surface area contributed by atoms with Crippen LogP contribution in [0.25, 0.3) is 0 Å². The third kappa shape index (κ3) is 4.13. The molecular weight excluding hydrogens is 387 g/mol. The van der Waals surface area contributed by atoms with E-state index in [0.29, 0.717) is 12.5 Å². The van der Waals surface area contributed by atoms with Crippen LogP contribution in [0.5, 0.6) is 0 Å². The molecule has 2 heterocycles. The first-order chi connectivity index (χ1) is 15.2. The van der Waals surface area contributed by atoms with Crippen LogP contribution in [0, 0.1) is 11.7 Å². The number of rotatable bonds is 4. The van der Waals surface area contributed by atoms with Gasteiger partial charge in [-0.3, -0.25) is 9.69 Å². The number of carbonyl (C=O) groups is 1. The van der Waals surface area contributed by atoms with E-state index < -0.39 is 0 Å². The lowest BCUT2D eigenvalue weighted by molar-refractivity contribution is 0.0614. The molecule has 3 aromatic rings. The minimum Gasteiger partial charge on any atom is -0.335 e. The van der Waals surface area contributed by atoms with Crippen LogP contribution in [0.4, 0.5) is 4.39 Å². The molecule has 3 nitrogen and oxygen atoms in total. The normalized spacial score (nSPS) is 23.5. The van der Waals surface area contributed by atoms with Crippen molar-refractivity contribution in [1.29, 1.82) is 0 Å². The molecule has 158 valence electrons. The van der Waals surface area contributed by atoms with E-state index in [0.717, 1.165) is 37.2 Å². The fraction of sp³-hybridized carbons (Fsp3) is 0.296. The van der Waals surface area contributed by atoms with Crippen molar-refractivity contribution in [2.24, 2.45) is 5.92 Å². The van der Waals surface area contributed by atoms with Crippen molar-refractivity contribution in [3.05, 3.63) is 107 Å². The maximum atomic E-state index is 13.6. The molecule has 0 radical (unpaired) electrons. The van der Waals surface area contributed by atoms with Crippen LogP contribution in [-0.4, -0.2) is 41.4 Å². The Labute approximate surface area is 183 Å². The Balaban J connectivity index is 1.41. The molecule has 0 N–H and O–H groups in total. The Kier molecular flexibility index (Phi) is 5.56. The van der Waals surface area contributed by atoms with E-state index in [2.05, 4.69) is 34.1 Å². The highest BCUT2D eigenvalue weighted by Crippen LogP contribution is 2.42. The van der Waals surface area contributed by atoms with E-state index in [-0.39, 0.29) is 23.7 Å². The Bertz CT molecular complexity index is 1020. The topological polar surface area (TPSA) is 23.6 Å². The SMILES string of the molecule is O=C(c1ccccc1)N1C[C@H](c2ccc(F)cc2)[C@H]2CN(Cc3ccccc3)CC[C@H]21. The first-order valence-electron chi connectivity index (χ1n) is 11.1. The van der Waals surface area contributed by atoms with Gasteiger partial charge in [0, 0.05) is 49.6 Å². The maximum absolute atomic E-state index is 13.6. The summed E-state index contributed by atoms with van der Waals surface area (Å²) in [4.78, 5) is 17.9. The quantitative estimate of drug-likeness (QED) is 0.603. The molecule has 3 aromatic carbocycles. The molecule has 2 saturated heterocycles. The Morgan fingerprint density at radius 3 is 2.26 bits per heavy atom. The molecule has 0 aromatic heterocycles. The standard InChI is InChI=1S/C27H27FN2O/c28-23-13-11-21(12-14-23)24-19-30(27(31)22-9-5-2-6-10-22)26-15-16-29(18-25(24)26)17-20-7-3-1-4-8-20/h1-14,24-26H,15-19H2/t24-,25-,26-/m1/s1. The predicted molar refractivity (Wildman–Crippen MR) is 120 cm³/mol. The Morgan fingerprint density at radius 2 is 1.55 bits per heavy atom. The summed E-state index contributed by atoms with van der Waals surface area (Å²) in [6.45, 7) is 3.53. The number of likely N-dealkylation sites (tertiary alicyclic amines) is 2. The summed E-state index contributed by atoms with van der Waals surface area (Å²) in [5, 5.41) is 0. The summed E-state index contributed by atoms with van der Waals surface area (Å²) in [5.74, 6) is 0.453. The molecule has 4 heteroatoms. The number of hydrogen-bond donors (Lipinski definition) is 0. The number of carbonyl (C=O) groups excluding carboxylic acids is 1. The van der Waals surface area contributed by atoms with E-state index >= 15 is 0 Å². The first-order valence-corrected chi connectivity index (χ1v) is 11.1. The average molecular weight is 415 g/mol. The van der Waals surface area contributed by atoms with Gasteiger partial charge < -0.3 is 4.90 Å². The number of benzene rings is 3. The summed E-state index contributed by atoms with van der Waals surface area (Å²) in [6.07, 6.45) is 0.966. The van der Waals surface area contributed by atoms with E-state index in [1.807, 2.05) is 48.5 Å². The predicted octanol–water partition coefficient (Wildman–Crippen LogP) is 4.96. The van der Waals surface area contributed by atoms with E-state index in [1.54, 1.807) is 0 Å². The molecule has 0 aliphatic carbocycles. The molecule has 2 fully saturated rings. The number of nitrogens with zero attached hydrogens (tertiary/aromatic N) is 2. The second-order valence-electron chi connectivity index (χ2n) is 8.72. The van der Waals surface area contributed by atoms with Crippen molar-refractivity contribution in [2.45, 2.75) is 24.9 Å². The third-order valence-electron chi connectivity index (χ3n) is 6.84. The molecule has 2 aliphatic heterocycles. The molecule has 0 saturated carbocycles. The summed E-state index contributed by atoms with van der Waals surface area (Å²) in [5.41, 5.74) is 3.18. The fourth-order valence-electron chi connectivity index (χ4n) is 5.33. The van der Waals surface area contributed by atoms with Crippen LogP contribution in [0.15, 0.2) is 84.9 Å². The van der Waals surface area contributed by atoms with E-state index in [1.165, 1.54) is 17.7 Å². The molecule has 0 spiro atoms. The van der Waals surface area contributed by atoms with Gasteiger partial charge in [-0.1, -0.05) is 60.7 Å². The smallest absolute Gasteiger partial charge is 0.254 e. The highest BCUT2D eigenvalue weighted by molar-refractivity contribution is 5.94. The Morgan fingerprint density at radius 1 is 0.871 bits per heavy atom. The lowest BCUT2D eigenvalue weighted by Gasteiger charge is -2.39. The van der Waals surface area contributed by atoms with Gasteiger partial charge in [0.1, 0.15) is 5.82 Å². The number of fused-ring (bicyclic) bond motifs is 1. The van der Waals surface area contributed by atoms with Crippen molar-refractivity contribution in [1.82, 2.24) is 9.80 Å². The number of piperidine rings is 1. The number of halogens is 1. The van der Waals surface area contributed by atoms with Gasteiger partial charge in [-0.15, -0.1) is 0 Å². The molecule has 0 unspecified atom stereocenters. The molecule has 3 atom stereocenters.